The van der Waals surface area contributed by atoms with Gasteiger partial charge in [-0.25, -0.2) is 0 Å². The number of fused-ring (bicyclic) bond motifs is 1. The van der Waals surface area contributed by atoms with Crippen LogP contribution < -0.4 is 19.7 Å². The van der Waals surface area contributed by atoms with Crippen molar-refractivity contribution < 1.29 is 14.3 Å². The predicted octanol–water partition coefficient (Wildman–Crippen LogP) is 3.31. The summed E-state index contributed by atoms with van der Waals surface area (Å²) in [5.41, 5.74) is 2.56. The summed E-state index contributed by atoms with van der Waals surface area (Å²) in [5.74, 6) is 1.16. The summed E-state index contributed by atoms with van der Waals surface area (Å²) in [6.07, 6.45) is 2.51. The minimum atomic E-state index is -0.152. The van der Waals surface area contributed by atoms with Crippen LogP contribution in [0.1, 0.15) is 23.2 Å². The molecule has 5 heteroatoms. The molecular formula is C19H20N2O3. The van der Waals surface area contributed by atoms with Crippen molar-refractivity contribution in [3.63, 3.8) is 0 Å². The Morgan fingerprint density at radius 2 is 1.62 bits per heavy atom. The van der Waals surface area contributed by atoms with Crippen LogP contribution in [-0.2, 0) is 0 Å². The molecule has 0 spiro atoms. The summed E-state index contributed by atoms with van der Waals surface area (Å²) in [7, 11) is 0. The van der Waals surface area contributed by atoms with Crippen LogP contribution in [0.25, 0.3) is 0 Å². The van der Waals surface area contributed by atoms with Crippen molar-refractivity contribution >= 4 is 17.3 Å². The number of ether oxygens (including phenoxy) is 2. The van der Waals surface area contributed by atoms with E-state index in [2.05, 4.69) is 22.3 Å². The first-order chi connectivity index (χ1) is 11.8. The first-order valence-corrected chi connectivity index (χ1v) is 8.36. The lowest BCUT2D eigenvalue weighted by Crippen LogP contribution is -2.18. The highest BCUT2D eigenvalue weighted by molar-refractivity contribution is 6.04. The predicted molar refractivity (Wildman–Crippen MR) is 93.3 cm³/mol. The van der Waals surface area contributed by atoms with E-state index < -0.39 is 0 Å². The van der Waals surface area contributed by atoms with Gasteiger partial charge in [-0.15, -0.1) is 0 Å². The van der Waals surface area contributed by atoms with Crippen molar-refractivity contribution in [2.24, 2.45) is 0 Å². The first kappa shape index (κ1) is 14.9. The van der Waals surface area contributed by atoms with Gasteiger partial charge in [0.2, 0.25) is 0 Å². The Hall–Kier alpha value is -2.69. The number of rotatable bonds is 3. The highest BCUT2D eigenvalue weighted by Gasteiger charge is 2.16. The molecule has 2 aliphatic rings. The van der Waals surface area contributed by atoms with Crippen molar-refractivity contribution in [1.82, 2.24) is 0 Å². The maximum Gasteiger partial charge on any atom is 0.255 e. The van der Waals surface area contributed by atoms with Crippen LogP contribution in [0.4, 0.5) is 11.4 Å². The Bertz CT molecular complexity index is 737. The molecular weight excluding hydrogens is 304 g/mol. The quantitative estimate of drug-likeness (QED) is 0.941. The van der Waals surface area contributed by atoms with Crippen LogP contribution in [-0.4, -0.2) is 32.2 Å². The zero-order chi connectivity index (χ0) is 16.4. The molecule has 0 bridgehead atoms. The molecule has 4 rings (SSSR count). The molecule has 5 nitrogen and oxygen atoms in total. The van der Waals surface area contributed by atoms with Gasteiger partial charge >= 0.3 is 0 Å². The van der Waals surface area contributed by atoms with Crippen LogP contribution in [0.2, 0.25) is 0 Å². The third-order valence-corrected chi connectivity index (χ3v) is 4.40. The third kappa shape index (κ3) is 3.02. The number of benzene rings is 2. The van der Waals surface area contributed by atoms with Crippen molar-refractivity contribution in [2.75, 3.05) is 36.5 Å². The Kier molecular flexibility index (Phi) is 3.99. The molecule has 0 atom stereocenters. The van der Waals surface area contributed by atoms with Crippen molar-refractivity contribution in [2.45, 2.75) is 12.8 Å². The standard InChI is InChI=1S/C19H20N2O3/c22-19(14-3-8-17-18(13-14)24-12-11-23-17)20-15-4-6-16(7-5-15)21-9-1-2-10-21/h3-8,13H,1-2,9-12H2,(H,20,22). The lowest BCUT2D eigenvalue weighted by molar-refractivity contribution is 0.102. The number of hydrogen-bond acceptors (Lipinski definition) is 4. The van der Waals surface area contributed by atoms with Crippen molar-refractivity contribution in [3.05, 3.63) is 48.0 Å². The number of amides is 1. The van der Waals surface area contributed by atoms with Gasteiger partial charge in [0.05, 0.1) is 0 Å². The molecule has 0 saturated carbocycles. The van der Waals surface area contributed by atoms with Crippen LogP contribution in [0, 0.1) is 0 Å². The van der Waals surface area contributed by atoms with Gasteiger partial charge in [-0.2, -0.15) is 0 Å². The van der Waals surface area contributed by atoms with Gasteiger partial charge in [-0.05, 0) is 55.3 Å². The summed E-state index contributed by atoms with van der Waals surface area (Å²) in [6.45, 7) is 3.28. The molecule has 1 N–H and O–H groups in total. The number of carbonyl (C=O) groups is 1. The minimum absolute atomic E-state index is 0.152. The lowest BCUT2D eigenvalue weighted by Gasteiger charge is -2.19. The van der Waals surface area contributed by atoms with E-state index in [4.69, 9.17) is 9.47 Å². The van der Waals surface area contributed by atoms with E-state index in [1.165, 1.54) is 18.5 Å². The number of nitrogens with zero attached hydrogens (tertiary/aromatic N) is 1. The number of nitrogens with one attached hydrogen (secondary N) is 1. The highest BCUT2D eigenvalue weighted by atomic mass is 16.6. The van der Waals surface area contributed by atoms with Crippen LogP contribution in [0.5, 0.6) is 11.5 Å². The summed E-state index contributed by atoms with van der Waals surface area (Å²) in [6, 6.07) is 13.3. The molecule has 0 unspecified atom stereocenters. The zero-order valence-corrected chi connectivity index (χ0v) is 13.5. The maximum atomic E-state index is 12.4. The summed E-state index contributed by atoms with van der Waals surface area (Å²) in [5, 5.41) is 2.93. The average molecular weight is 324 g/mol. The average Bonchev–Trinajstić information content (AvgIpc) is 3.16. The van der Waals surface area contributed by atoms with Gasteiger partial charge in [0.15, 0.2) is 11.5 Å². The molecule has 2 aliphatic heterocycles. The van der Waals surface area contributed by atoms with Gasteiger partial charge in [0.25, 0.3) is 5.91 Å². The second-order valence-corrected chi connectivity index (χ2v) is 6.05. The van der Waals surface area contributed by atoms with Crippen molar-refractivity contribution in [1.29, 1.82) is 0 Å². The van der Waals surface area contributed by atoms with Crippen molar-refractivity contribution in [3.8, 4) is 11.5 Å². The van der Waals surface area contributed by atoms with E-state index in [0.717, 1.165) is 18.8 Å². The van der Waals surface area contributed by atoms with Gasteiger partial charge in [0, 0.05) is 30.0 Å². The van der Waals surface area contributed by atoms with E-state index in [-0.39, 0.29) is 5.91 Å². The van der Waals surface area contributed by atoms with Gasteiger partial charge < -0.3 is 19.7 Å². The monoisotopic (exact) mass is 324 g/mol. The number of carbonyl (C=O) groups excluding carboxylic acids is 1. The van der Waals surface area contributed by atoms with E-state index in [1.54, 1.807) is 18.2 Å². The molecule has 2 aromatic carbocycles. The van der Waals surface area contributed by atoms with E-state index >= 15 is 0 Å². The topological polar surface area (TPSA) is 50.8 Å². The molecule has 1 amide bonds. The highest BCUT2D eigenvalue weighted by Crippen LogP contribution is 2.31. The summed E-state index contributed by atoms with van der Waals surface area (Å²) < 4.78 is 11.0. The Morgan fingerprint density at radius 1 is 0.917 bits per heavy atom. The fourth-order valence-corrected chi connectivity index (χ4v) is 3.12. The van der Waals surface area contributed by atoms with Gasteiger partial charge in [0.1, 0.15) is 13.2 Å². The fraction of sp³-hybridized carbons (Fsp3) is 0.316. The minimum Gasteiger partial charge on any atom is -0.486 e. The second kappa shape index (κ2) is 6.43. The number of hydrogen-bond donors (Lipinski definition) is 1. The SMILES string of the molecule is O=C(Nc1ccc(N2CCCC2)cc1)c1ccc2c(c1)OCCO2. The van der Waals surface area contributed by atoms with Gasteiger partial charge in [-0.1, -0.05) is 0 Å². The molecule has 0 aliphatic carbocycles. The smallest absolute Gasteiger partial charge is 0.255 e. The van der Waals surface area contributed by atoms with Crippen LogP contribution in [0.15, 0.2) is 42.5 Å². The largest absolute Gasteiger partial charge is 0.486 e. The molecule has 2 heterocycles. The summed E-state index contributed by atoms with van der Waals surface area (Å²) in [4.78, 5) is 14.8. The fourth-order valence-electron chi connectivity index (χ4n) is 3.12. The summed E-state index contributed by atoms with van der Waals surface area (Å²) >= 11 is 0. The second-order valence-electron chi connectivity index (χ2n) is 6.05. The molecule has 2 aromatic rings. The van der Waals surface area contributed by atoms with Crippen LogP contribution >= 0.6 is 0 Å². The maximum absolute atomic E-state index is 12.4. The Labute approximate surface area is 141 Å². The number of anilines is 2. The zero-order valence-electron chi connectivity index (χ0n) is 13.5. The normalized spacial score (nSPS) is 16.1. The molecule has 24 heavy (non-hydrogen) atoms. The molecule has 1 fully saturated rings. The Balaban J connectivity index is 1.45. The molecule has 0 radical (unpaired) electrons. The lowest BCUT2D eigenvalue weighted by atomic mass is 10.1. The van der Waals surface area contributed by atoms with Crippen LogP contribution in [0.3, 0.4) is 0 Å². The Morgan fingerprint density at radius 3 is 2.38 bits per heavy atom. The van der Waals surface area contributed by atoms with E-state index in [1.807, 2.05) is 12.1 Å². The first-order valence-electron chi connectivity index (χ1n) is 8.36. The third-order valence-electron chi connectivity index (χ3n) is 4.40. The van der Waals surface area contributed by atoms with E-state index in [0.29, 0.717) is 30.3 Å². The van der Waals surface area contributed by atoms with Gasteiger partial charge in [-0.3, -0.25) is 4.79 Å². The molecule has 124 valence electrons. The van der Waals surface area contributed by atoms with E-state index in [9.17, 15) is 4.79 Å². The molecule has 1 saturated heterocycles. The molecule has 0 aromatic heterocycles.